The fourth-order valence-electron chi connectivity index (χ4n) is 2.73. The molecule has 2 N–H and O–H groups in total. The monoisotopic (exact) mass is 201 g/mol. The number of benzene rings is 1. The highest BCUT2D eigenvalue weighted by Gasteiger charge is 2.25. The minimum absolute atomic E-state index is 0.269. The molecular weight excluding hydrogens is 186 g/mol. The normalized spacial score (nSPS) is 19.8. The summed E-state index contributed by atoms with van der Waals surface area (Å²) in [4.78, 5) is 3.44. The summed E-state index contributed by atoms with van der Waals surface area (Å²) in [6.07, 6.45) is 1.57. The first kappa shape index (κ1) is 8.98. The van der Waals surface area contributed by atoms with Crippen molar-refractivity contribution >= 4 is 10.9 Å². The van der Waals surface area contributed by atoms with Gasteiger partial charge >= 0.3 is 0 Å². The lowest BCUT2D eigenvalue weighted by Crippen LogP contribution is -1.90. The predicted octanol–water partition coefficient (Wildman–Crippen LogP) is 2.76. The number of fused-ring (bicyclic) bond motifs is 3. The summed E-state index contributed by atoms with van der Waals surface area (Å²) < 4.78 is 0. The number of aryl methyl sites for hydroxylation is 3. The maximum Gasteiger partial charge on any atom is 0.0817 e. The number of hydrogen-bond acceptors (Lipinski definition) is 1. The van der Waals surface area contributed by atoms with Crippen LogP contribution < -0.4 is 0 Å². The second-order valence-electron chi connectivity index (χ2n) is 4.58. The zero-order chi connectivity index (χ0) is 10.6. The molecule has 15 heavy (non-hydrogen) atoms. The zero-order valence-corrected chi connectivity index (χ0v) is 9.09. The van der Waals surface area contributed by atoms with E-state index in [1.165, 1.54) is 27.7 Å². The number of aliphatic hydroxyl groups excluding tert-OH is 1. The van der Waals surface area contributed by atoms with Crippen molar-refractivity contribution in [3.8, 4) is 0 Å². The maximum atomic E-state index is 9.93. The minimum atomic E-state index is -0.269. The Morgan fingerprint density at radius 1 is 1.33 bits per heavy atom. The quantitative estimate of drug-likeness (QED) is 0.675. The lowest BCUT2D eigenvalue weighted by molar-refractivity contribution is 0.181. The Morgan fingerprint density at radius 2 is 2.13 bits per heavy atom. The van der Waals surface area contributed by atoms with Crippen LogP contribution >= 0.6 is 0 Å². The van der Waals surface area contributed by atoms with Gasteiger partial charge < -0.3 is 10.1 Å². The highest BCUT2D eigenvalue weighted by Crippen LogP contribution is 2.38. The number of aromatic nitrogens is 1. The van der Waals surface area contributed by atoms with Gasteiger partial charge in [0.05, 0.1) is 6.10 Å². The van der Waals surface area contributed by atoms with Gasteiger partial charge in [0.25, 0.3) is 0 Å². The van der Waals surface area contributed by atoms with Crippen molar-refractivity contribution in [3.05, 3.63) is 34.5 Å². The summed E-state index contributed by atoms with van der Waals surface area (Å²) >= 11 is 0. The number of H-pyrrole nitrogens is 1. The fourth-order valence-corrected chi connectivity index (χ4v) is 2.73. The summed E-state index contributed by atoms with van der Waals surface area (Å²) in [6, 6.07) is 4.35. The van der Waals surface area contributed by atoms with Gasteiger partial charge in [-0.05, 0) is 38.3 Å². The van der Waals surface area contributed by atoms with Gasteiger partial charge in [0.1, 0.15) is 0 Å². The molecule has 0 aliphatic heterocycles. The molecule has 0 amide bonds. The summed E-state index contributed by atoms with van der Waals surface area (Å²) in [7, 11) is 0. The highest BCUT2D eigenvalue weighted by molar-refractivity contribution is 5.88. The van der Waals surface area contributed by atoms with E-state index in [0.717, 1.165) is 18.4 Å². The second-order valence-corrected chi connectivity index (χ2v) is 4.58. The van der Waals surface area contributed by atoms with Crippen molar-refractivity contribution < 1.29 is 5.11 Å². The van der Waals surface area contributed by atoms with Crippen molar-refractivity contribution in [3.63, 3.8) is 0 Å². The molecule has 2 nitrogen and oxygen atoms in total. The van der Waals surface area contributed by atoms with E-state index in [-0.39, 0.29) is 6.10 Å². The number of rotatable bonds is 0. The summed E-state index contributed by atoms with van der Waals surface area (Å²) in [6.45, 7) is 4.22. The first-order valence-corrected chi connectivity index (χ1v) is 5.46. The first-order valence-electron chi connectivity index (χ1n) is 5.46. The van der Waals surface area contributed by atoms with E-state index in [4.69, 9.17) is 0 Å². The molecule has 1 aliphatic rings. The molecule has 1 aromatic carbocycles. The Bertz CT molecular complexity index is 539. The van der Waals surface area contributed by atoms with E-state index in [1.807, 2.05) is 0 Å². The van der Waals surface area contributed by atoms with Gasteiger partial charge in [0.2, 0.25) is 0 Å². The van der Waals surface area contributed by atoms with Crippen LogP contribution in [0.5, 0.6) is 0 Å². The van der Waals surface area contributed by atoms with Gasteiger partial charge in [0.15, 0.2) is 0 Å². The molecule has 2 aromatic rings. The average molecular weight is 201 g/mol. The van der Waals surface area contributed by atoms with Crippen molar-refractivity contribution in [1.82, 2.24) is 4.98 Å². The predicted molar refractivity (Wildman–Crippen MR) is 61.1 cm³/mol. The molecule has 3 rings (SSSR count). The minimum Gasteiger partial charge on any atom is -0.388 e. The number of aromatic amines is 1. The summed E-state index contributed by atoms with van der Waals surface area (Å²) in [5, 5.41) is 11.1. The van der Waals surface area contributed by atoms with E-state index in [9.17, 15) is 5.11 Å². The maximum absolute atomic E-state index is 9.93. The van der Waals surface area contributed by atoms with Crippen LogP contribution in [0.25, 0.3) is 10.9 Å². The standard InChI is InChI=1S/C13H15NO/c1-7-5-8(2)13-9(6-7)12-10(14-13)3-4-11(12)15/h5-6,11,14-15H,3-4H2,1-2H3. The third-order valence-corrected chi connectivity index (χ3v) is 3.37. The van der Waals surface area contributed by atoms with Crippen LogP contribution in [0.3, 0.4) is 0 Å². The van der Waals surface area contributed by atoms with Gasteiger partial charge in [-0.25, -0.2) is 0 Å². The molecule has 0 fully saturated rings. The van der Waals surface area contributed by atoms with Crippen LogP contribution in [-0.2, 0) is 6.42 Å². The largest absolute Gasteiger partial charge is 0.388 e. The number of nitrogens with one attached hydrogen (secondary N) is 1. The second kappa shape index (κ2) is 2.86. The van der Waals surface area contributed by atoms with Crippen molar-refractivity contribution in [2.24, 2.45) is 0 Å². The lowest BCUT2D eigenvalue weighted by atomic mass is 10.0. The summed E-state index contributed by atoms with van der Waals surface area (Å²) in [5.41, 5.74) is 6.10. The molecule has 0 saturated heterocycles. The lowest BCUT2D eigenvalue weighted by Gasteiger charge is -2.04. The van der Waals surface area contributed by atoms with Crippen LogP contribution in [-0.4, -0.2) is 10.1 Å². The Kier molecular flexibility index (Phi) is 1.71. The zero-order valence-electron chi connectivity index (χ0n) is 9.09. The van der Waals surface area contributed by atoms with E-state index < -0.39 is 0 Å². The van der Waals surface area contributed by atoms with Crippen molar-refractivity contribution in [2.75, 3.05) is 0 Å². The number of hydrogen-bond donors (Lipinski definition) is 2. The van der Waals surface area contributed by atoms with Crippen LogP contribution in [0.4, 0.5) is 0 Å². The first-order chi connectivity index (χ1) is 7.16. The van der Waals surface area contributed by atoms with Gasteiger partial charge in [-0.3, -0.25) is 0 Å². The third kappa shape index (κ3) is 1.15. The third-order valence-electron chi connectivity index (χ3n) is 3.37. The molecule has 1 atom stereocenters. The van der Waals surface area contributed by atoms with Crippen molar-refractivity contribution in [2.45, 2.75) is 32.8 Å². The van der Waals surface area contributed by atoms with E-state index in [2.05, 4.69) is 31.0 Å². The van der Waals surface area contributed by atoms with E-state index in [0.29, 0.717) is 0 Å². The molecule has 0 radical (unpaired) electrons. The molecule has 2 heteroatoms. The fraction of sp³-hybridized carbons (Fsp3) is 0.385. The van der Waals surface area contributed by atoms with Crippen LogP contribution in [0.1, 0.15) is 34.9 Å². The Morgan fingerprint density at radius 3 is 2.93 bits per heavy atom. The Balaban J connectivity index is 2.41. The molecule has 1 aromatic heterocycles. The van der Waals surface area contributed by atoms with Crippen molar-refractivity contribution in [1.29, 1.82) is 0 Å². The van der Waals surface area contributed by atoms with Crippen LogP contribution in [0.2, 0.25) is 0 Å². The Labute approximate surface area is 88.9 Å². The summed E-state index contributed by atoms with van der Waals surface area (Å²) in [5.74, 6) is 0. The molecule has 78 valence electrons. The molecule has 1 aliphatic carbocycles. The highest BCUT2D eigenvalue weighted by atomic mass is 16.3. The van der Waals surface area contributed by atoms with Crippen LogP contribution in [0, 0.1) is 13.8 Å². The van der Waals surface area contributed by atoms with Gasteiger partial charge in [-0.15, -0.1) is 0 Å². The molecule has 0 saturated carbocycles. The molecule has 1 heterocycles. The molecule has 1 unspecified atom stereocenters. The molecule has 0 spiro atoms. The average Bonchev–Trinajstić information content (AvgIpc) is 2.68. The Hall–Kier alpha value is -1.28. The van der Waals surface area contributed by atoms with Gasteiger partial charge in [0, 0.05) is 22.2 Å². The van der Waals surface area contributed by atoms with Gasteiger partial charge in [-0.1, -0.05) is 11.6 Å². The van der Waals surface area contributed by atoms with E-state index in [1.54, 1.807) is 0 Å². The van der Waals surface area contributed by atoms with Gasteiger partial charge in [-0.2, -0.15) is 0 Å². The smallest absolute Gasteiger partial charge is 0.0817 e. The molecular formula is C13H15NO. The van der Waals surface area contributed by atoms with Crippen LogP contribution in [0.15, 0.2) is 12.1 Å². The SMILES string of the molecule is Cc1cc(C)c2[nH]c3c(c2c1)C(O)CC3. The number of aliphatic hydroxyl groups is 1. The molecule has 0 bridgehead atoms. The topological polar surface area (TPSA) is 36.0 Å². The van der Waals surface area contributed by atoms with E-state index >= 15 is 0 Å².